The fourth-order valence-corrected chi connectivity index (χ4v) is 2.17. The molecule has 20 heavy (non-hydrogen) atoms. The van der Waals surface area contributed by atoms with Crippen LogP contribution >= 0.6 is 0 Å². The lowest BCUT2D eigenvalue weighted by Crippen LogP contribution is -2.05. The highest BCUT2D eigenvalue weighted by molar-refractivity contribution is 5.60. The largest absolute Gasteiger partial charge is 0.325 e. The van der Waals surface area contributed by atoms with Crippen molar-refractivity contribution in [3.05, 3.63) is 66.1 Å². The Kier molecular flexibility index (Phi) is 3.52. The predicted molar refractivity (Wildman–Crippen MR) is 76.7 cm³/mol. The Bertz CT molecular complexity index is 676. The molecule has 0 radical (unpaired) electrons. The minimum absolute atomic E-state index is 0.360. The second-order valence-electron chi connectivity index (χ2n) is 4.47. The number of rotatable bonds is 4. The molecule has 100 valence electrons. The molecule has 0 aliphatic heterocycles. The highest BCUT2D eigenvalue weighted by Gasteiger charge is 2.14. The van der Waals surface area contributed by atoms with Crippen LogP contribution in [0, 0.1) is 0 Å². The van der Waals surface area contributed by atoms with Gasteiger partial charge in [-0.2, -0.15) is 0 Å². The van der Waals surface area contributed by atoms with Crippen molar-refractivity contribution in [3.63, 3.8) is 0 Å². The quantitative estimate of drug-likeness (QED) is 0.781. The summed E-state index contributed by atoms with van der Waals surface area (Å²) in [4.78, 5) is 4.15. The number of hydrogen-bond donors (Lipinski definition) is 1. The van der Waals surface area contributed by atoms with Crippen molar-refractivity contribution in [1.82, 2.24) is 20.0 Å². The summed E-state index contributed by atoms with van der Waals surface area (Å²) in [7, 11) is 0. The van der Waals surface area contributed by atoms with E-state index in [-0.39, 0.29) is 0 Å². The lowest BCUT2D eigenvalue weighted by molar-refractivity contribution is 0.654. The molecule has 0 bridgehead atoms. The van der Waals surface area contributed by atoms with Gasteiger partial charge in [0.25, 0.3) is 0 Å². The zero-order chi connectivity index (χ0) is 13.8. The monoisotopic (exact) mass is 265 g/mol. The van der Waals surface area contributed by atoms with Crippen LogP contribution in [-0.4, -0.2) is 20.0 Å². The van der Waals surface area contributed by atoms with E-state index in [2.05, 4.69) is 27.4 Å². The number of benzene rings is 1. The second-order valence-corrected chi connectivity index (χ2v) is 4.47. The number of aromatic nitrogens is 4. The predicted octanol–water partition coefficient (Wildman–Crippen LogP) is 1.85. The van der Waals surface area contributed by atoms with E-state index in [1.54, 1.807) is 12.4 Å². The van der Waals surface area contributed by atoms with Crippen LogP contribution in [0.3, 0.4) is 0 Å². The summed E-state index contributed by atoms with van der Waals surface area (Å²) in [6, 6.07) is 14.0. The van der Waals surface area contributed by atoms with Crippen LogP contribution in [0.4, 0.5) is 0 Å². The molecule has 0 amide bonds. The number of hydrogen-bond acceptors (Lipinski definition) is 4. The van der Waals surface area contributed by atoms with Crippen LogP contribution in [-0.2, 0) is 13.1 Å². The van der Waals surface area contributed by atoms with Crippen molar-refractivity contribution in [2.45, 2.75) is 13.1 Å². The van der Waals surface area contributed by atoms with Gasteiger partial charge in [0, 0.05) is 24.5 Å². The molecular formula is C15H15N5. The fourth-order valence-electron chi connectivity index (χ4n) is 2.17. The van der Waals surface area contributed by atoms with E-state index in [1.165, 1.54) is 5.56 Å². The van der Waals surface area contributed by atoms with Crippen molar-refractivity contribution in [2.75, 3.05) is 0 Å². The van der Waals surface area contributed by atoms with Crippen LogP contribution in [0.2, 0.25) is 0 Å². The average molecular weight is 265 g/mol. The highest BCUT2D eigenvalue weighted by Crippen LogP contribution is 2.21. The minimum atomic E-state index is 0.360. The van der Waals surface area contributed by atoms with E-state index in [4.69, 9.17) is 5.73 Å². The third-order valence-electron chi connectivity index (χ3n) is 3.11. The van der Waals surface area contributed by atoms with Crippen molar-refractivity contribution < 1.29 is 0 Å². The Morgan fingerprint density at radius 1 is 1.05 bits per heavy atom. The number of nitrogens with two attached hydrogens (primary N) is 1. The summed E-state index contributed by atoms with van der Waals surface area (Å²) in [5.41, 5.74) is 9.63. The molecule has 5 heteroatoms. The van der Waals surface area contributed by atoms with Crippen molar-refractivity contribution in [3.8, 4) is 11.3 Å². The fraction of sp³-hybridized carbons (Fsp3) is 0.133. The second kappa shape index (κ2) is 5.63. The van der Waals surface area contributed by atoms with Gasteiger partial charge in [0.1, 0.15) is 5.69 Å². The van der Waals surface area contributed by atoms with Gasteiger partial charge in [0.05, 0.1) is 12.2 Å². The molecule has 0 atom stereocenters. The molecule has 0 spiro atoms. The van der Waals surface area contributed by atoms with Crippen LogP contribution in [0.5, 0.6) is 0 Å². The first kappa shape index (κ1) is 12.5. The summed E-state index contributed by atoms with van der Waals surface area (Å²) in [5, 5.41) is 8.38. The highest BCUT2D eigenvalue weighted by atomic mass is 15.4. The summed E-state index contributed by atoms with van der Waals surface area (Å²) >= 11 is 0. The first-order valence-electron chi connectivity index (χ1n) is 6.45. The van der Waals surface area contributed by atoms with E-state index >= 15 is 0 Å². The zero-order valence-electron chi connectivity index (χ0n) is 11.0. The van der Waals surface area contributed by atoms with Crippen LogP contribution in [0.1, 0.15) is 11.3 Å². The smallest absolute Gasteiger partial charge is 0.104 e. The minimum Gasteiger partial charge on any atom is -0.325 e. The van der Waals surface area contributed by atoms with Gasteiger partial charge in [-0.15, -0.1) is 5.10 Å². The SMILES string of the molecule is NCc1nnn(Cc2ccccc2)c1-c1cccnc1. The van der Waals surface area contributed by atoms with Gasteiger partial charge in [0.2, 0.25) is 0 Å². The van der Waals surface area contributed by atoms with Gasteiger partial charge in [-0.3, -0.25) is 4.98 Å². The normalized spacial score (nSPS) is 10.7. The summed E-state index contributed by atoms with van der Waals surface area (Å²) < 4.78 is 1.87. The summed E-state index contributed by atoms with van der Waals surface area (Å²) in [5.74, 6) is 0. The van der Waals surface area contributed by atoms with E-state index < -0.39 is 0 Å². The Labute approximate surface area is 117 Å². The summed E-state index contributed by atoms with van der Waals surface area (Å²) in [6.07, 6.45) is 3.55. The first-order chi connectivity index (χ1) is 9.88. The van der Waals surface area contributed by atoms with Crippen LogP contribution in [0.25, 0.3) is 11.3 Å². The van der Waals surface area contributed by atoms with Gasteiger partial charge >= 0.3 is 0 Å². The van der Waals surface area contributed by atoms with Gasteiger partial charge in [0.15, 0.2) is 0 Å². The number of nitrogens with zero attached hydrogens (tertiary/aromatic N) is 4. The van der Waals surface area contributed by atoms with E-state index in [0.717, 1.165) is 17.0 Å². The van der Waals surface area contributed by atoms with Crippen LogP contribution in [0.15, 0.2) is 54.9 Å². The average Bonchev–Trinajstić information content (AvgIpc) is 2.92. The molecule has 0 aliphatic carbocycles. The maximum Gasteiger partial charge on any atom is 0.104 e. The zero-order valence-corrected chi connectivity index (χ0v) is 11.0. The van der Waals surface area contributed by atoms with E-state index in [9.17, 15) is 0 Å². The van der Waals surface area contributed by atoms with Crippen LogP contribution < -0.4 is 5.73 Å². The van der Waals surface area contributed by atoms with Gasteiger partial charge < -0.3 is 5.73 Å². The lowest BCUT2D eigenvalue weighted by atomic mass is 10.1. The number of pyridine rings is 1. The third kappa shape index (κ3) is 2.44. The maximum absolute atomic E-state index is 5.76. The molecule has 5 nitrogen and oxygen atoms in total. The first-order valence-corrected chi connectivity index (χ1v) is 6.45. The summed E-state index contributed by atoms with van der Waals surface area (Å²) in [6.45, 7) is 1.02. The van der Waals surface area contributed by atoms with E-state index in [0.29, 0.717) is 13.1 Å². The molecular weight excluding hydrogens is 250 g/mol. The molecule has 2 heterocycles. The maximum atomic E-state index is 5.76. The van der Waals surface area contributed by atoms with Crippen molar-refractivity contribution in [1.29, 1.82) is 0 Å². The van der Waals surface area contributed by atoms with Crippen molar-refractivity contribution >= 4 is 0 Å². The molecule has 1 aromatic carbocycles. The Hall–Kier alpha value is -2.53. The molecule has 0 fully saturated rings. The molecule has 0 saturated heterocycles. The van der Waals surface area contributed by atoms with Gasteiger partial charge in [-0.05, 0) is 17.7 Å². The Balaban J connectivity index is 2.02. The molecule has 3 aromatic rings. The standard InChI is InChI=1S/C15H15N5/c16-9-14-15(13-7-4-8-17-10-13)20(19-18-14)11-12-5-2-1-3-6-12/h1-8,10H,9,11,16H2. The molecule has 0 saturated carbocycles. The van der Waals surface area contributed by atoms with Crippen molar-refractivity contribution in [2.24, 2.45) is 5.73 Å². The van der Waals surface area contributed by atoms with E-state index in [1.807, 2.05) is 35.0 Å². The molecule has 3 rings (SSSR count). The molecule has 0 unspecified atom stereocenters. The third-order valence-corrected chi connectivity index (χ3v) is 3.11. The molecule has 0 aliphatic rings. The lowest BCUT2D eigenvalue weighted by Gasteiger charge is -2.07. The van der Waals surface area contributed by atoms with Gasteiger partial charge in [-0.1, -0.05) is 35.5 Å². The van der Waals surface area contributed by atoms with Gasteiger partial charge in [-0.25, -0.2) is 4.68 Å². The molecule has 2 aromatic heterocycles. The Morgan fingerprint density at radius 2 is 1.90 bits per heavy atom. The Morgan fingerprint density at radius 3 is 2.60 bits per heavy atom. The molecule has 2 N–H and O–H groups in total. The topological polar surface area (TPSA) is 69.6 Å².